The van der Waals surface area contributed by atoms with Crippen LogP contribution in [0.15, 0.2) is 47.4 Å². The zero-order valence-electron chi connectivity index (χ0n) is 13.6. The fourth-order valence-corrected chi connectivity index (χ4v) is 4.68. The Morgan fingerprint density at radius 2 is 1.88 bits per heavy atom. The Hall–Kier alpha value is -2.32. The molecule has 0 aromatic heterocycles. The Labute approximate surface area is 145 Å². The zero-order chi connectivity index (χ0) is 18.2. The fourth-order valence-electron chi connectivity index (χ4n) is 2.77. The van der Waals surface area contributed by atoms with E-state index >= 15 is 0 Å². The van der Waals surface area contributed by atoms with Crippen molar-refractivity contribution in [3.63, 3.8) is 0 Å². The second-order valence-electron chi connectivity index (χ2n) is 6.03. The van der Waals surface area contributed by atoms with Crippen LogP contribution >= 0.6 is 0 Å². The Morgan fingerprint density at radius 1 is 1.20 bits per heavy atom. The van der Waals surface area contributed by atoms with E-state index in [1.807, 2.05) is 0 Å². The largest absolute Gasteiger partial charge is 0.273 e. The lowest BCUT2D eigenvalue weighted by Crippen LogP contribution is -2.33. The molecule has 0 amide bonds. The lowest BCUT2D eigenvalue weighted by atomic mass is 10.2. The molecule has 0 spiro atoms. The highest BCUT2D eigenvalue weighted by molar-refractivity contribution is 7.89. The number of rotatable bonds is 6. The summed E-state index contributed by atoms with van der Waals surface area (Å²) in [7, 11) is -3.98. The summed E-state index contributed by atoms with van der Waals surface area (Å²) in [5, 5.41) is 11.1. The number of hydrogen-bond acceptors (Lipinski definition) is 4. The van der Waals surface area contributed by atoms with Crippen molar-refractivity contribution in [2.45, 2.75) is 37.2 Å². The molecule has 1 fully saturated rings. The number of halogens is 1. The maximum atomic E-state index is 14.0. The second-order valence-corrected chi connectivity index (χ2v) is 7.89. The van der Waals surface area contributed by atoms with Gasteiger partial charge < -0.3 is 0 Å². The molecule has 1 aliphatic carbocycles. The Balaban J connectivity index is 2.03. The first-order chi connectivity index (χ1) is 11.8. The van der Waals surface area contributed by atoms with Crippen LogP contribution in [0, 0.1) is 22.9 Å². The molecule has 0 bridgehead atoms. The van der Waals surface area contributed by atoms with Crippen molar-refractivity contribution in [1.82, 2.24) is 4.31 Å². The molecule has 0 radical (unpaired) electrons. The summed E-state index contributed by atoms with van der Waals surface area (Å²) in [6.07, 6.45) is 1.39. The number of benzene rings is 2. The minimum atomic E-state index is -3.98. The molecule has 8 heteroatoms. The average molecular weight is 364 g/mol. The van der Waals surface area contributed by atoms with Gasteiger partial charge in [0.1, 0.15) is 5.82 Å². The highest BCUT2D eigenvalue weighted by atomic mass is 32.2. The second kappa shape index (κ2) is 6.53. The van der Waals surface area contributed by atoms with Crippen LogP contribution in [0.25, 0.3) is 0 Å². The molecule has 0 N–H and O–H groups in total. The zero-order valence-corrected chi connectivity index (χ0v) is 14.4. The van der Waals surface area contributed by atoms with Crippen LogP contribution in [0.1, 0.15) is 24.0 Å². The maximum Gasteiger partial charge on any atom is 0.273 e. The lowest BCUT2D eigenvalue weighted by molar-refractivity contribution is -0.385. The van der Waals surface area contributed by atoms with E-state index in [1.54, 1.807) is 18.2 Å². The minimum absolute atomic E-state index is 0.0895. The fraction of sp³-hybridized carbons (Fsp3) is 0.294. The topological polar surface area (TPSA) is 80.5 Å². The Morgan fingerprint density at radius 3 is 2.48 bits per heavy atom. The van der Waals surface area contributed by atoms with Crippen LogP contribution in [0.3, 0.4) is 0 Å². The van der Waals surface area contributed by atoms with Crippen LogP contribution in [-0.4, -0.2) is 23.7 Å². The number of nitro benzene ring substituents is 1. The quantitative estimate of drug-likeness (QED) is 0.581. The number of sulfonamides is 1. The van der Waals surface area contributed by atoms with Crippen molar-refractivity contribution in [1.29, 1.82) is 0 Å². The number of nitro groups is 1. The molecule has 0 atom stereocenters. The molecule has 6 nitrogen and oxygen atoms in total. The van der Waals surface area contributed by atoms with Gasteiger partial charge in [0.05, 0.1) is 9.82 Å². The van der Waals surface area contributed by atoms with Crippen LogP contribution in [0.2, 0.25) is 0 Å². The van der Waals surface area contributed by atoms with Gasteiger partial charge in [0, 0.05) is 29.8 Å². The van der Waals surface area contributed by atoms with E-state index in [1.165, 1.54) is 35.5 Å². The first-order valence-electron chi connectivity index (χ1n) is 7.81. The van der Waals surface area contributed by atoms with E-state index in [9.17, 15) is 22.9 Å². The first kappa shape index (κ1) is 17.5. The third-order valence-corrected chi connectivity index (χ3v) is 6.32. The summed E-state index contributed by atoms with van der Waals surface area (Å²) in [5.74, 6) is -0.473. The molecule has 2 aromatic carbocycles. The standard InChI is InChI=1S/C17H17FN2O4S/c1-12-16(20(21)22)7-4-8-17(12)25(23,24)19(14-9-10-14)11-13-5-2-3-6-15(13)18/h2-8,14H,9-11H2,1H3. The molecule has 2 aromatic rings. The maximum absolute atomic E-state index is 14.0. The first-order valence-corrected chi connectivity index (χ1v) is 9.25. The minimum Gasteiger partial charge on any atom is -0.258 e. The molecule has 1 aliphatic rings. The monoisotopic (exact) mass is 364 g/mol. The van der Waals surface area contributed by atoms with Gasteiger partial charge in [-0.15, -0.1) is 0 Å². The summed E-state index contributed by atoms with van der Waals surface area (Å²) >= 11 is 0. The van der Waals surface area contributed by atoms with E-state index in [4.69, 9.17) is 0 Å². The van der Waals surface area contributed by atoms with E-state index in [-0.39, 0.29) is 34.3 Å². The molecule has 0 heterocycles. The molecule has 0 unspecified atom stereocenters. The Bertz CT molecular complexity index is 926. The lowest BCUT2D eigenvalue weighted by Gasteiger charge is -2.23. The molecule has 3 rings (SSSR count). The van der Waals surface area contributed by atoms with Gasteiger partial charge in [-0.05, 0) is 31.9 Å². The number of hydrogen-bond donors (Lipinski definition) is 0. The Kier molecular flexibility index (Phi) is 4.57. The van der Waals surface area contributed by atoms with Crippen molar-refractivity contribution in [3.05, 3.63) is 69.5 Å². The van der Waals surface area contributed by atoms with Crippen LogP contribution in [-0.2, 0) is 16.6 Å². The third kappa shape index (κ3) is 3.40. The molecule has 0 aliphatic heterocycles. The summed E-state index contributed by atoms with van der Waals surface area (Å²) in [6, 6.07) is 9.79. The smallest absolute Gasteiger partial charge is 0.258 e. The van der Waals surface area contributed by atoms with E-state index < -0.39 is 20.8 Å². The summed E-state index contributed by atoms with van der Waals surface area (Å²) in [5.41, 5.74) is 0.121. The third-order valence-electron chi connectivity index (χ3n) is 4.28. The highest BCUT2D eigenvalue weighted by Gasteiger charge is 2.39. The average Bonchev–Trinajstić information content (AvgIpc) is 3.38. The van der Waals surface area contributed by atoms with Crippen molar-refractivity contribution in [2.24, 2.45) is 0 Å². The predicted molar refractivity (Wildman–Crippen MR) is 90.0 cm³/mol. The molecule has 132 valence electrons. The molecular formula is C17H17FN2O4S. The van der Waals surface area contributed by atoms with Gasteiger partial charge in [-0.3, -0.25) is 10.1 Å². The molecular weight excluding hydrogens is 347 g/mol. The van der Waals surface area contributed by atoms with Crippen LogP contribution in [0.5, 0.6) is 0 Å². The van der Waals surface area contributed by atoms with Crippen molar-refractivity contribution in [3.8, 4) is 0 Å². The van der Waals surface area contributed by atoms with Gasteiger partial charge in [0.25, 0.3) is 5.69 Å². The van der Waals surface area contributed by atoms with Gasteiger partial charge in [-0.25, -0.2) is 12.8 Å². The van der Waals surface area contributed by atoms with Gasteiger partial charge in [-0.1, -0.05) is 24.3 Å². The van der Waals surface area contributed by atoms with E-state index in [2.05, 4.69) is 0 Å². The SMILES string of the molecule is Cc1c([N+](=O)[O-])cccc1S(=O)(=O)N(Cc1ccccc1F)C1CC1. The van der Waals surface area contributed by atoms with Crippen molar-refractivity contribution in [2.75, 3.05) is 0 Å². The molecule has 1 saturated carbocycles. The van der Waals surface area contributed by atoms with Crippen LogP contribution in [0.4, 0.5) is 10.1 Å². The highest BCUT2D eigenvalue weighted by Crippen LogP contribution is 2.36. The van der Waals surface area contributed by atoms with Gasteiger partial charge >= 0.3 is 0 Å². The summed E-state index contributed by atoms with van der Waals surface area (Å²) in [4.78, 5) is 10.4. The number of nitrogens with zero attached hydrogens (tertiary/aromatic N) is 2. The normalized spacial score (nSPS) is 14.7. The van der Waals surface area contributed by atoms with E-state index in [0.29, 0.717) is 12.8 Å². The van der Waals surface area contributed by atoms with Gasteiger partial charge in [-0.2, -0.15) is 4.31 Å². The van der Waals surface area contributed by atoms with E-state index in [0.717, 1.165) is 0 Å². The van der Waals surface area contributed by atoms with Crippen molar-refractivity contribution < 1.29 is 17.7 Å². The predicted octanol–water partition coefficient (Wildman–Crippen LogP) is 3.40. The van der Waals surface area contributed by atoms with Gasteiger partial charge in [0.2, 0.25) is 10.0 Å². The van der Waals surface area contributed by atoms with Crippen molar-refractivity contribution >= 4 is 15.7 Å². The van der Waals surface area contributed by atoms with Gasteiger partial charge in [0.15, 0.2) is 0 Å². The summed E-state index contributed by atoms with van der Waals surface area (Å²) < 4.78 is 41.4. The van der Waals surface area contributed by atoms with Crippen LogP contribution < -0.4 is 0 Å². The molecule has 0 saturated heterocycles. The summed E-state index contributed by atoms with van der Waals surface area (Å²) in [6.45, 7) is 1.32. The molecule has 25 heavy (non-hydrogen) atoms.